The van der Waals surface area contributed by atoms with Crippen LogP contribution in [0.5, 0.6) is 0 Å². The predicted octanol–water partition coefficient (Wildman–Crippen LogP) is 2.74. The lowest BCUT2D eigenvalue weighted by Crippen LogP contribution is -1.88. The van der Waals surface area contributed by atoms with Gasteiger partial charge in [0.05, 0.1) is 12.0 Å². The summed E-state index contributed by atoms with van der Waals surface area (Å²) in [6, 6.07) is 1.99. The first-order valence-electron chi connectivity index (χ1n) is 3.62. The molecule has 10 heavy (non-hydrogen) atoms. The third kappa shape index (κ3) is 1.18. The Bertz CT molecular complexity index is 228. The van der Waals surface area contributed by atoms with Gasteiger partial charge in [-0.25, -0.2) is 4.42 Å². The van der Waals surface area contributed by atoms with Gasteiger partial charge in [-0.15, -0.1) is 0 Å². The van der Waals surface area contributed by atoms with Crippen LogP contribution in [-0.4, -0.2) is 0 Å². The van der Waals surface area contributed by atoms with Crippen LogP contribution in [0.4, 0.5) is 0 Å². The smallest absolute Gasteiger partial charge is 0.221 e. The molecular weight excluding hydrogens is 124 g/mol. The van der Waals surface area contributed by atoms with Crippen LogP contribution in [0.3, 0.4) is 0 Å². The number of aryl methyl sites for hydroxylation is 2. The summed E-state index contributed by atoms with van der Waals surface area (Å²) in [5.41, 5.74) is 2.59. The van der Waals surface area contributed by atoms with Crippen LogP contribution in [0.25, 0.3) is 0 Å². The van der Waals surface area contributed by atoms with E-state index in [1.165, 1.54) is 11.1 Å². The molecule has 0 aliphatic carbocycles. The second-order valence-electron chi connectivity index (χ2n) is 2.51. The van der Waals surface area contributed by atoms with Gasteiger partial charge >= 0.3 is 12.0 Å². The van der Waals surface area contributed by atoms with E-state index in [-0.39, 0.29) is 0 Å². The number of hydrogen-bond donors (Lipinski definition) is 0. The van der Waals surface area contributed by atoms with Crippen LogP contribution in [0.1, 0.15) is 23.8 Å². The van der Waals surface area contributed by atoms with Crippen molar-refractivity contribution >= 4 is 0 Å². The number of rotatable bonds is 1. The Morgan fingerprint density at radius 3 is 2.60 bits per heavy atom. The van der Waals surface area contributed by atoms with Crippen molar-refractivity contribution in [2.75, 3.05) is 0 Å². The summed E-state index contributed by atoms with van der Waals surface area (Å²) in [4.78, 5) is 0. The van der Waals surface area contributed by atoms with Crippen molar-refractivity contribution in [3.05, 3.63) is 29.2 Å². The standard InChI is InChI=1S/C9H13O/c1-4-9-8(3)7(2)5-6-10-9/h5-6H,4H2,1-3H3/q+1. The Balaban J connectivity index is 3.14. The first-order valence-corrected chi connectivity index (χ1v) is 3.62. The lowest BCUT2D eigenvalue weighted by Gasteiger charge is -1.92. The average molecular weight is 137 g/mol. The molecule has 0 radical (unpaired) electrons. The van der Waals surface area contributed by atoms with Crippen molar-refractivity contribution in [1.82, 2.24) is 0 Å². The summed E-state index contributed by atoms with van der Waals surface area (Å²) < 4.78 is 5.29. The van der Waals surface area contributed by atoms with Gasteiger partial charge in [-0.05, 0) is 19.4 Å². The summed E-state index contributed by atoms with van der Waals surface area (Å²) in [5, 5.41) is 0. The van der Waals surface area contributed by atoms with Gasteiger partial charge in [0.15, 0.2) is 0 Å². The fourth-order valence-corrected chi connectivity index (χ4v) is 1.00. The average Bonchev–Trinajstić information content (AvgIpc) is 1.95. The minimum absolute atomic E-state index is 0.980. The molecule has 0 saturated carbocycles. The highest BCUT2D eigenvalue weighted by atomic mass is 16.3. The first-order chi connectivity index (χ1) is 4.75. The zero-order valence-corrected chi connectivity index (χ0v) is 6.77. The molecule has 0 N–H and O–H groups in total. The van der Waals surface area contributed by atoms with Crippen LogP contribution >= 0.6 is 0 Å². The summed E-state index contributed by atoms with van der Waals surface area (Å²) in [5.74, 6) is 1.10. The highest BCUT2D eigenvalue weighted by Crippen LogP contribution is 2.12. The molecule has 0 fully saturated rings. The van der Waals surface area contributed by atoms with E-state index >= 15 is 0 Å². The van der Waals surface area contributed by atoms with Gasteiger partial charge in [-0.2, -0.15) is 0 Å². The Kier molecular flexibility index (Phi) is 2.05. The largest absolute Gasteiger partial charge is 0.331 e. The maximum atomic E-state index is 5.29. The number of hydrogen-bond acceptors (Lipinski definition) is 0. The van der Waals surface area contributed by atoms with Crippen molar-refractivity contribution in [3.63, 3.8) is 0 Å². The van der Waals surface area contributed by atoms with E-state index in [1.807, 2.05) is 6.07 Å². The molecule has 0 aliphatic rings. The topological polar surface area (TPSA) is 11.3 Å². The van der Waals surface area contributed by atoms with Crippen molar-refractivity contribution < 1.29 is 4.42 Å². The molecule has 54 valence electrons. The highest BCUT2D eigenvalue weighted by Gasteiger charge is 2.09. The monoisotopic (exact) mass is 137 g/mol. The molecule has 1 nitrogen and oxygen atoms in total. The van der Waals surface area contributed by atoms with E-state index in [0.29, 0.717) is 0 Å². The molecule has 0 unspecified atom stereocenters. The minimum atomic E-state index is 0.980. The molecule has 1 heteroatoms. The third-order valence-electron chi connectivity index (χ3n) is 1.86. The van der Waals surface area contributed by atoms with Crippen molar-refractivity contribution in [1.29, 1.82) is 0 Å². The van der Waals surface area contributed by atoms with Crippen LogP contribution in [-0.2, 0) is 6.42 Å². The summed E-state index contributed by atoms with van der Waals surface area (Å²) in [7, 11) is 0. The van der Waals surface area contributed by atoms with Gasteiger partial charge in [0, 0.05) is 6.07 Å². The molecule has 1 aromatic heterocycles. The highest BCUT2D eigenvalue weighted by molar-refractivity contribution is 5.24. The van der Waals surface area contributed by atoms with Crippen molar-refractivity contribution in [2.24, 2.45) is 0 Å². The normalized spacial score (nSPS) is 9.90. The summed E-state index contributed by atoms with van der Waals surface area (Å²) >= 11 is 0. The Hall–Kier alpha value is -0.850. The molecule has 1 aromatic rings. The molecule has 1 heterocycles. The lowest BCUT2D eigenvalue weighted by molar-refractivity contribution is 0.491. The Morgan fingerprint density at radius 1 is 1.40 bits per heavy atom. The molecule has 0 aromatic carbocycles. The predicted molar refractivity (Wildman–Crippen MR) is 42.0 cm³/mol. The molecule has 0 aliphatic heterocycles. The first kappa shape index (κ1) is 7.26. The fourth-order valence-electron chi connectivity index (χ4n) is 1.00. The molecule has 0 amide bonds. The van der Waals surface area contributed by atoms with E-state index in [4.69, 9.17) is 4.42 Å². The van der Waals surface area contributed by atoms with Gasteiger partial charge in [0.1, 0.15) is 0 Å². The zero-order valence-electron chi connectivity index (χ0n) is 6.77. The van der Waals surface area contributed by atoms with E-state index < -0.39 is 0 Å². The molecule has 0 atom stereocenters. The van der Waals surface area contributed by atoms with Gasteiger partial charge in [0.25, 0.3) is 0 Å². The van der Waals surface area contributed by atoms with Gasteiger partial charge < -0.3 is 0 Å². The Labute approximate surface area is 61.7 Å². The summed E-state index contributed by atoms with van der Waals surface area (Å²) in [6.45, 7) is 6.30. The van der Waals surface area contributed by atoms with E-state index in [1.54, 1.807) is 6.26 Å². The van der Waals surface area contributed by atoms with E-state index in [0.717, 1.165) is 12.2 Å². The maximum Gasteiger partial charge on any atom is 0.331 e. The maximum absolute atomic E-state index is 5.29. The quantitative estimate of drug-likeness (QED) is 0.542. The van der Waals surface area contributed by atoms with Crippen LogP contribution < -0.4 is 0 Å². The molecule has 0 spiro atoms. The molecule has 0 bridgehead atoms. The van der Waals surface area contributed by atoms with Crippen molar-refractivity contribution in [2.45, 2.75) is 27.2 Å². The Morgan fingerprint density at radius 2 is 2.10 bits per heavy atom. The van der Waals surface area contributed by atoms with Gasteiger partial charge in [0.2, 0.25) is 0 Å². The second kappa shape index (κ2) is 2.82. The molecule has 0 saturated heterocycles. The van der Waals surface area contributed by atoms with E-state index in [9.17, 15) is 0 Å². The lowest BCUT2D eigenvalue weighted by atomic mass is 10.1. The van der Waals surface area contributed by atoms with Crippen LogP contribution in [0.15, 0.2) is 16.7 Å². The SMILES string of the molecule is CCc1[o+]ccc(C)c1C. The summed E-state index contributed by atoms with van der Waals surface area (Å²) in [6.07, 6.45) is 2.73. The van der Waals surface area contributed by atoms with Crippen molar-refractivity contribution in [3.8, 4) is 0 Å². The third-order valence-corrected chi connectivity index (χ3v) is 1.86. The van der Waals surface area contributed by atoms with Gasteiger partial charge in [-0.1, -0.05) is 6.92 Å². The molecular formula is C9H13O+. The fraction of sp³-hybridized carbons (Fsp3) is 0.444. The molecule has 1 rings (SSSR count). The van der Waals surface area contributed by atoms with Gasteiger partial charge in [-0.3, -0.25) is 0 Å². The van der Waals surface area contributed by atoms with E-state index in [2.05, 4.69) is 20.8 Å². The second-order valence-corrected chi connectivity index (χ2v) is 2.51. The van der Waals surface area contributed by atoms with Crippen LogP contribution in [0, 0.1) is 13.8 Å². The minimum Gasteiger partial charge on any atom is -0.221 e. The zero-order chi connectivity index (χ0) is 7.56. The van der Waals surface area contributed by atoms with Crippen LogP contribution in [0.2, 0.25) is 0 Å².